The van der Waals surface area contributed by atoms with Gasteiger partial charge in [0.15, 0.2) is 0 Å². The van der Waals surface area contributed by atoms with Gasteiger partial charge in [0.05, 0.1) is 13.5 Å². The van der Waals surface area contributed by atoms with Gasteiger partial charge >= 0.3 is 5.97 Å². The number of esters is 1. The number of carbonyl (C=O) groups is 1. The number of para-hydroxylation sites is 1. The van der Waals surface area contributed by atoms with E-state index < -0.39 is 0 Å². The lowest BCUT2D eigenvalue weighted by molar-refractivity contribution is -0.139. The Bertz CT molecular complexity index is 508. The molecule has 0 saturated carbocycles. The fraction of sp³-hybridized carbons (Fsp3) is 0.214. The Morgan fingerprint density at radius 3 is 2.61 bits per heavy atom. The van der Waals surface area contributed by atoms with E-state index >= 15 is 0 Å². The monoisotopic (exact) mass is 261 g/mol. The third-order valence-electron chi connectivity index (χ3n) is 2.50. The van der Waals surface area contributed by atoms with Crippen LogP contribution in [0.1, 0.15) is 9.75 Å². The van der Waals surface area contributed by atoms with E-state index in [1.165, 1.54) is 12.0 Å². The van der Waals surface area contributed by atoms with Gasteiger partial charge in [-0.1, -0.05) is 18.2 Å². The van der Waals surface area contributed by atoms with E-state index in [0.717, 1.165) is 17.1 Å². The quantitative estimate of drug-likeness (QED) is 0.841. The summed E-state index contributed by atoms with van der Waals surface area (Å²) in [6, 6.07) is 14.1. The van der Waals surface area contributed by atoms with Crippen molar-refractivity contribution < 1.29 is 9.53 Å². The van der Waals surface area contributed by atoms with Crippen LogP contribution < -0.4 is 5.32 Å². The first-order chi connectivity index (χ1) is 8.78. The highest BCUT2D eigenvalue weighted by Gasteiger charge is 2.05. The van der Waals surface area contributed by atoms with E-state index in [0.29, 0.717) is 6.42 Å². The van der Waals surface area contributed by atoms with E-state index in [1.807, 2.05) is 42.5 Å². The number of hydrogen-bond donors (Lipinski definition) is 1. The van der Waals surface area contributed by atoms with Crippen LogP contribution in [0.5, 0.6) is 0 Å². The number of hydrogen-bond acceptors (Lipinski definition) is 4. The zero-order valence-corrected chi connectivity index (χ0v) is 11.0. The molecule has 0 aliphatic heterocycles. The molecule has 1 aromatic carbocycles. The third kappa shape index (κ3) is 3.60. The molecule has 4 heteroatoms. The summed E-state index contributed by atoms with van der Waals surface area (Å²) in [7, 11) is 1.41. The number of ether oxygens (including phenoxy) is 1. The summed E-state index contributed by atoms with van der Waals surface area (Å²) < 4.78 is 4.64. The van der Waals surface area contributed by atoms with Gasteiger partial charge in [-0.2, -0.15) is 0 Å². The molecular weight excluding hydrogens is 246 g/mol. The standard InChI is InChI=1S/C14H15NO2S/c1-17-14(16)9-12-7-8-13(18-12)10-15-11-5-3-2-4-6-11/h2-8,15H,9-10H2,1H3. The molecule has 0 aliphatic carbocycles. The van der Waals surface area contributed by atoms with Crippen LogP contribution in [0.25, 0.3) is 0 Å². The summed E-state index contributed by atoms with van der Waals surface area (Å²) in [5.41, 5.74) is 1.10. The Morgan fingerprint density at radius 2 is 1.89 bits per heavy atom. The third-order valence-corrected chi connectivity index (χ3v) is 3.59. The van der Waals surface area contributed by atoms with Gasteiger partial charge in [0.2, 0.25) is 0 Å². The van der Waals surface area contributed by atoms with Gasteiger partial charge in [-0.25, -0.2) is 0 Å². The van der Waals surface area contributed by atoms with Gasteiger partial charge in [0, 0.05) is 22.0 Å². The number of carbonyl (C=O) groups excluding carboxylic acids is 1. The summed E-state index contributed by atoms with van der Waals surface area (Å²) in [6.45, 7) is 0.774. The predicted octanol–water partition coefficient (Wildman–Crippen LogP) is 3.08. The number of rotatable bonds is 5. The molecule has 0 atom stereocenters. The first-order valence-electron chi connectivity index (χ1n) is 5.71. The Balaban J connectivity index is 1.89. The molecular formula is C14H15NO2S. The first-order valence-corrected chi connectivity index (χ1v) is 6.53. The molecule has 1 aromatic heterocycles. The largest absolute Gasteiger partial charge is 0.469 e. The van der Waals surface area contributed by atoms with E-state index in [2.05, 4.69) is 10.1 Å². The van der Waals surface area contributed by atoms with Crippen LogP contribution in [-0.4, -0.2) is 13.1 Å². The molecule has 0 unspecified atom stereocenters. The fourth-order valence-electron chi connectivity index (χ4n) is 1.57. The lowest BCUT2D eigenvalue weighted by Crippen LogP contribution is -2.02. The highest BCUT2D eigenvalue weighted by Crippen LogP contribution is 2.19. The van der Waals surface area contributed by atoms with Crippen molar-refractivity contribution in [2.24, 2.45) is 0 Å². The van der Waals surface area contributed by atoms with E-state index in [-0.39, 0.29) is 5.97 Å². The number of methoxy groups -OCH3 is 1. The van der Waals surface area contributed by atoms with Crippen LogP contribution in [0, 0.1) is 0 Å². The average Bonchev–Trinajstić information content (AvgIpc) is 2.85. The second kappa shape index (κ2) is 6.21. The predicted molar refractivity (Wildman–Crippen MR) is 73.8 cm³/mol. The molecule has 2 rings (SSSR count). The van der Waals surface area contributed by atoms with Crippen molar-refractivity contribution in [3.8, 4) is 0 Å². The van der Waals surface area contributed by atoms with Gasteiger partial charge in [-0.15, -0.1) is 11.3 Å². The molecule has 0 fully saturated rings. The lowest BCUT2D eigenvalue weighted by Gasteiger charge is -2.03. The minimum Gasteiger partial charge on any atom is -0.469 e. The van der Waals surface area contributed by atoms with Crippen molar-refractivity contribution in [3.63, 3.8) is 0 Å². The maximum atomic E-state index is 11.1. The minimum atomic E-state index is -0.195. The van der Waals surface area contributed by atoms with Crippen LogP contribution >= 0.6 is 11.3 Å². The van der Waals surface area contributed by atoms with Gasteiger partial charge < -0.3 is 10.1 Å². The summed E-state index contributed by atoms with van der Waals surface area (Å²) in [5, 5.41) is 3.34. The van der Waals surface area contributed by atoms with Crippen molar-refractivity contribution >= 4 is 23.0 Å². The Labute approximate surface area is 110 Å². The molecule has 0 amide bonds. The summed E-state index contributed by atoms with van der Waals surface area (Å²) >= 11 is 1.63. The Kier molecular flexibility index (Phi) is 4.36. The molecule has 1 N–H and O–H groups in total. The highest BCUT2D eigenvalue weighted by atomic mass is 32.1. The smallest absolute Gasteiger partial charge is 0.310 e. The molecule has 0 radical (unpaired) electrons. The van der Waals surface area contributed by atoms with Crippen LogP contribution in [0.3, 0.4) is 0 Å². The fourth-order valence-corrected chi connectivity index (χ4v) is 2.52. The maximum absolute atomic E-state index is 11.1. The van der Waals surface area contributed by atoms with E-state index in [4.69, 9.17) is 0 Å². The van der Waals surface area contributed by atoms with Crippen molar-refractivity contribution in [3.05, 3.63) is 52.2 Å². The molecule has 0 saturated heterocycles. The average molecular weight is 261 g/mol. The van der Waals surface area contributed by atoms with E-state index in [1.54, 1.807) is 11.3 Å². The number of benzene rings is 1. The Morgan fingerprint density at radius 1 is 1.17 bits per heavy atom. The first kappa shape index (κ1) is 12.6. The molecule has 94 valence electrons. The second-order valence-electron chi connectivity index (χ2n) is 3.84. The van der Waals surface area contributed by atoms with Crippen molar-refractivity contribution in [1.29, 1.82) is 0 Å². The van der Waals surface area contributed by atoms with Crippen LogP contribution in [0.4, 0.5) is 5.69 Å². The highest BCUT2D eigenvalue weighted by molar-refractivity contribution is 7.12. The maximum Gasteiger partial charge on any atom is 0.310 e. The van der Waals surface area contributed by atoms with Crippen LogP contribution in [0.15, 0.2) is 42.5 Å². The topological polar surface area (TPSA) is 38.3 Å². The summed E-state index contributed by atoms with van der Waals surface area (Å²) in [6.07, 6.45) is 0.354. The SMILES string of the molecule is COC(=O)Cc1ccc(CNc2ccccc2)s1. The Hall–Kier alpha value is -1.81. The summed E-state index contributed by atoms with van der Waals surface area (Å²) in [4.78, 5) is 13.4. The van der Waals surface area contributed by atoms with Crippen molar-refractivity contribution in [2.45, 2.75) is 13.0 Å². The molecule has 1 heterocycles. The molecule has 2 aromatic rings. The molecule has 0 spiro atoms. The zero-order chi connectivity index (χ0) is 12.8. The van der Waals surface area contributed by atoms with Gasteiger partial charge in [-0.3, -0.25) is 4.79 Å². The molecule has 0 aliphatic rings. The number of anilines is 1. The molecule has 3 nitrogen and oxygen atoms in total. The summed E-state index contributed by atoms with van der Waals surface area (Å²) in [5.74, 6) is -0.195. The van der Waals surface area contributed by atoms with Crippen molar-refractivity contribution in [2.75, 3.05) is 12.4 Å². The second-order valence-corrected chi connectivity index (χ2v) is 5.09. The minimum absolute atomic E-state index is 0.195. The zero-order valence-electron chi connectivity index (χ0n) is 10.2. The van der Waals surface area contributed by atoms with Gasteiger partial charge in [-0.05, 0) is 24.3 Å². The molecule has 0 bridgehead atoms. The molecule has 18 heavy (non-hydrogen) atoms. The van der Waals surface area contributed by atoms with Gasteiger partial charge in [0.25, 0.3) is 0 Å². The number of nitrogens with one attached hydrogen (secondary N) is 1. The van der Waals surface area contributed by atoms with E-state index in [9.17, 15) is 4.79 Å². The van der Waals surface area contributed by atoms with Crippen molar-refractivity contribution in [1.82, 2.24) is 0 Å². The normalized spacial score (nSPS) is 10.1. The lowest BCUT2D eigenvalue weighted by atomic mass is 10.3. The van der Waals surface area contributed by atoms with Crippen LogP contribution in [0.2, 0.25) is 0 Å². The van der Waals surface area contributed by atoms with Gasteiger partial charge in [0.1, 0.15) is 0 Å². The van der Waals surface area contributed by atoms with Crippen LogP contribution in [-0.2, 0) is 22.5 Å². The number of thiophene rings is 1.